The summed E-state index contributed by atoms with van der Waals surface area (Å²) in [6, 6.07) is 18.5. The molecule has 3 aromatic carbocycles. The fourth-order valence-electron chi connectivity index (χ4n) is 4.47. The van der Waals surface area contributed by atoms with Gasteiger partial charge in [0.1, 0.15) is 5.82 Å². The van der Waals surface area contributed by atoms with Crippen LogP contribution in [0.15, 0.2) is 71.9 Å². The second-order valence-corrected chi connectivity index (χ2v) is 10.0. The Kier molecular flexibility index (Phi) is 7.67. The molecule has 1 fully saturated rings. The van der Waals surface area contributed by atoms with Crippen LogP contribution in [0.1, 0.15) is 11.1 Å². The van der Waals surface area contributed by atoms with Crippen LogP contribution in [0.5, 0.6) is 0 Å². The molecule has 2 heterocycles. The van der Waals surface area contributed by atoms with Gasteiger partial charge in [-0.2, -0.15) is 13.2 Å². The van der Waals surface area contributed by atoms with Gasteiger partial charge in [0.25, 0.3) is 0 Å². The molecule has 0 radical (unpaired) electrons. The standard InChI is InChI=1S/C29H28F3N5OS/c1-18-3-9-22(16-23(18)26-17-27(36-28(35-26)39-2)37-11-13-38-14-12-37)34-25-10-6-20(15-24(25)29(30,31)32)19-4-7-21(33)8-5-19/h3-10,15-17,34H,11-14,33H2,1-2H3. The van der Waals surface area contributed by atoms with Gasteiger partial charge in [0.15, 0.2) is 5.16 Å². The number of anilines is 4. The lowest BCUT2D eigenvalue weighted by atomic mass is 10.0. The van der Waals surface area contributed by atoms with Crippen LogP contribution in [0.2, 0.25) is 0 Å². The summed E-state index contributed by atoms with van der Waals surface area (Å²) in [6.07, 6.45) is -2.63. The maximum atomic E-state index is 14.1. The van der Waals surface area contributed by atoms with Crippen molar-refractivity contribution in [2.24, 2.45) is 0 Å². The van der Waals surface area contributed by atoms with Gasteiger partial charge in [0, 0.05) is 36.1 Å². The molecule has 0 aliphatic carbocycles. The highest BCUT2D eigenvalue weighted by Crippen LogP contribution is 2.39. The molecule has 0 amide bonds. The van der Waals surface area contributed by atoms with Crippen molar-refractivity contribution in [1.29, 1.82) is 0 Å². The Morgan fingerprint density at radius 1 is 0.923 bits per heavy atom. The molecule has 1 aliphatic heterocycles. The largest absolute Gasteiger partial charge is 0.418 e. The van der Waals surface area contributed by atoms with Gasteiger partial charge in [-0.1, -0.05) is 36.0 Å². The molecule has 0 bridgehead atoms. The van der Waals surface area contributed by atoms with E-state index < -0.39 is 11.7 Å². The normalized spacial score (nSPS) is 13.9. The van der Waals surface area contributed by atoms with Crippen molar-refractivity contribution in [3.05, 3.63) is 77.9 Å². The lowest BCUT2D eigenvalue weighted by Crippen LogP contribution is -2.36. The van der Waals surface area contributed by atoms with E-state index >= 15 is 0 Å². The molecule has 1 aliphatic rings. The maximum absolute atomic E-state index is 14.1. The third-order valence-corrected chi connectivity index (χ3v) is 7.12. The predicted octanol–water partition coefficient (Wildman–Crippen LogP) is 7.02. The number of alkyl halides is 3. The average Bonchev–Trinajstić information content (AvgIpc) is 2.94. The van der Waals surface area contributed by atoms with Crippen LogP contribution in [0, 0.1) is 6.92 Å². The SMILES string of the molecule is CSc1nc(-c2cc(Nc3ccc(-c4ccc(N)cc4)cc3C(F)(F)F)ccc2C)cc(N2CCOCC2)n1. The lowest BCUT2D eigenvalue weighted by Gasteiger charge is -2.28. The zero-order chi connectivity index (χ0) is 27.6. The van der Waals surface area contributed by atoms with Crippen molar-refractivity contribution < 1.29 is 17.9 Å². The minimum Gasteiger partial charge on any atom is -0.399 e. The van der Waals surface area contributed by atoms with Gasteiger partial charge < -0.3 is 20.7 Å². The Labute approximate surface area is 229 Å². The lowest BCUT2D eigenvalue weighted by molar-refractivity contribution is -0.136. The van der Waals surface area contributed by atoms with E-state index in [1.807, 2.05) is 31.4 Å². The third-order valence-electron chi connectivity index (χ3n) is 6.57. The van der Waals surface area contributed by atoms with Crippen molar-refractivity contribution in [3.63, 3.8) is 0 Å². The van der Waals surface area contributed by atoms with E-state index in [-0.39, 0.29) is 5.69 Å². The van der Waals surface area contributed by atoms with Crippen LogP contribution < -0.4 is 16.0 Å². The molecule has 1 aromatic heterocycles. The van der Waals surface area contributed by atoms with Gasteiger partial charge in [-0.05, 0) is 66.3 Å². The number of hydrogen-bond acceptors (Lipinski definition) is 7. The summed E-state index contributed by atoms with van der Waals surface area (Å²) in [6.45, 7) is 4.68. The molecule has 0 saturated carbocycles. The Hall–Kier alpha value is -3.76. The zero-order valence-electron chi connectivity index (χ0n) is 21.5. The first-order valence-corrected chi connectivity index (χ1v) is 13.6. The van der Waals surface area contributed by atoms with Crippen molar-refractivity contribution in [2.45, 2.75) is 18.3 Å². The van der Waals surface area contributed by atoms with Crippen LogP contribution in [-0.2, 0) is 10.9 Å². The number of benzene rings is 3. The van der Waals surface area contributed by atoms with E-state index in [1.165, 1.54) is 17.8 Å². The number of nitrogens with two attached hydrogens (primary N) is 1. The minimum absolute atomic E-state index is 0.0296. The highest BCUT2D eigenvalue weighted by molar-refractivity contribution is 7.98. The number of nitrogens with one attached hydrogen (secondary N) is 1. The summed E-state index contributed by atoms with van der Waals surface area (Å²) in [5.41, 5.74) is 9.63. The average molecular weight is 552 g/mol. The van der Waals surface area contributed by atoms with Gasteiger partial charge in [0.2, 0.25) is 0 Å². The third kappa shape index (κ3) is 6.12. The number of nitrogen functional groups attached to an aromatic ring is 1. The van der Waals surface area contributed by atoms with Crippen LogP contribution >= 0.6 is 11.8 Å². The molecule has 202 valence electrons. The summed E-state index contributed by atoms with van der Waals surface area (Å²) in [7, 11) is 0. The molecular formula is C29H28F3N5OS. The number of halogens is 3. The molecule has 4 aromatic rings. The molecule has 0 atom stereocenters. The minimum atomic E-state index is -4.55. The number of thioether (sulfide) groups is 1. The Bertz CT molecular complexity index is 1470. The monoisotopic (exact) mass is 551 g/mol. The molecule has 1 saturated heterocycles. The summed E-state index contributed by atoms with van der Waals surface area (Å²) < 4.78 is 47.9. The fraction of sp³-hybridized carbons (Fsp3) is 0.241. The summed E-state index contributed by atoms with van der Waals surface area (Å²) in [5, 5.41) is 3.62. The quantitative estimate of drug-likeness (QED) is 0.151. The van der Waals surface area contributed by atoms with Gasteiger partial charge in [-0.15, -0.1) is 0 Å². The van der Waals surface area contributed by atoms with E-state index in [4.69, 9.17) is 15.5 Å². The maximum Gasteiger partial charge on any atom is 0.418 e. The molecular weight excluding hydrogens is 523 g/mol. The number of hydrogen-bond donors (Lipinski definition) is 2. The molecule has 5 rings (SSSR count). The summed E-state index contributed by atoms with van der Waals surface area (Å²) >= 11 is 1.45. The van der Waals surface area contributed by atoms with Crippen LogP contribution in [0.3, 0.4) is 0 Å². The highest BCUT2D eigenvalue weighted by Gasteiger charge is 2.34. The predicted molar refractivity (Wildman–Crippen MR) is 152 cm³/mol. The highest BCUT2D eigenvalue weighted by atomic mass is 32.2. The number of ether oxygens (including phenoxy) is 1. The van der Waals surface area contributed by atoms with Crippen molar-refractivity contribution in [1.82, 2.24) is 9.97 Å². The van der Waals surface area contributed by atoms with Crippen LogP contribution in [0.25, 0.3) is 22.4 Å². The Morgan fingerprint density at radius 3 is 2.33 bits per heavy atom. The second kappa shape index (κ2) is 11.2. The number of morpholine rings is 1. The van der Waals surface area contributed by atoms with Gasteiger partial charge >= 0.3 is 6.18 Å². The first-order chi connectivity index (χ1) is 18.7. The Balaban J connectivity index is 1.50. The van der Waals surface area contributed by atoms with Crippen molar-refractivity contribution >= 4 is 34.6 Å². The first-order valence-electron chi connectivity index (χ1n) is 12.4. The number of aryl methyl sites for hydroxylation is 1. The molecule has 0 unspecified atom stereocenters. The molecule has 10 heteroatoms. The van der Waals surface area contributed by atoms with E-state index in [2.05, 4.69) is 15.2 Å². The molecule has 39 heavy (non-hydrogen) atoms. The summed E-state index contributed by atoms with van der Waals surface area (Å²) in [4.78, 5) is 11.5. The number of aromatic nitrogens is 2. The zero-order valence-corrected chi connectivity index (χ0v) is 22.4. The topological polar surface area (TPSA) is 76.3 Å². The van der Waals surface area contributed by atoms with E-state index in [0.717, 1.165) is 36.1 Å². The van der Waals surface area contributed by atoms with Crippen molar-refractivity contribution in [3.8, 4) is 22.4 Å². The summed E-state index contributed by atoms with van der Waals surface area (Å²) in [5.74, 6) is 0.808. The van der Waals surface area contributed by atoms with E-state index in [0.29, 0.717) is 46.6 Å². The smallest absolute Gasteiger partial charge is 0.399 e. The van der Waals surface area contributed by atoms with Gasteiger partial charge in [-0.3, -0.25) is 0 Å². The van der Waals surface area contributed by atoms with Crippen LogP contribution in [0.4, 0.5) is 36.1 Å². The Morgan fingerprint density at radius 2 is 1.64 bits per heavy atom. The number of rotatable bonds is 6. The van der Waals surface area contributed by atoms with Crippen molar-refractivity contribution in [2.75, 3.05) is 48.5 Å². The fourth-order valence-corrected chi connectivity index (χ4v) is 4.85. The van der Waals surface area contributed by atoms with Crippen LogP contribution in [-0.4, -0.2) is 42.5 Å². The second-order valence-electron chi connectivity index (χ2n) is 9.23. The molecule has 3 N–H and O–H groups in total. The van der Waals surface area contributed by atoms with E-state index in [1.54, 1.807) is 36.4 Å². The number of nitrogens with zero attached hydrogens (tertiary/aromatic N) is 3. The van der Waals surface area contributed by atoms with Gasteiger partial charge in [-0.25, -0.2) is 9.97 Å². The van der Waals surface area contributed by atoms with E-state index in [9.17, 15) is 13.2 Å². The molecule has 6 nitrogen and oxygen atoms in total. The molecule has 0 spiro atoms. The van der Waals surface area contributed by atoms with Gasteiger partial charge in [0.05, 0.1) is 30.2 Å². The first kappa shape index (κ1) is 26.8.